The highest BCUT2D eigenvalue weighted by molar-refractivity contribution is 5.22. The highest BCUT2D eigenvalue weighted by atomic mass is 15.2. The first-order chi connectivity index (χ1) is 7.52. The average molecular weight is 219 g/mol. The lowest BCUT2D eigenvalue weighted by atomic mass is 9.98. The van der Waals surface area contributed by atoms with Gasteiger partial charge in [0.25, 0.3) is 0 Å². The van der Waals surface area contributed by atoms with Gasteiger partial charge in [0.15, 0.2) is 0 Å². The Labute approximate surface area is 101 Å². The minimum absolute atomic E-state index is 0.556. The fraction of sp³-hybridized carbons (Fsp3) is 0.600. The van der Waals surface area contributed by atoms with Crippen molar-refractivity contribution >= 4 is 0 Å². The molecular formula is C15H25N. The largest absolute Gasteiger partial charge is 0.349 e. The van der Waals surface area contributed by atoms with Crippen LogP contribution in [0.1, 0.15) is 41.0 Å². The molecule has 1 unspecified atom stereocenters. The van der Waals surface area contributed by atoms with E-state index in [1.807, 2.05) is 0 Å². The van der Waals surface area contributed by atoms with Gasteiger partial charge >= 0.3 is 0 Å². The zero-order valence-electron chi connectivity index (χ0n) is 11.3. The summed E-state index contributed by atoms with van der Waals surface area (Å²) in [5, 5.41) is 0. The molecular weight excluding hydrogens is 194 g/mol. The maximum Gasteiger partial charge on any atom is 0.0276 e. The molecule has 0 bridgehead atoms. The Balaban J connectivity index is 2.58. The van der Waals surface area contributed by atoms with E-state index in [2.05, 4.69) is 70.0 Å². The van der Waals surface area contributed by atoms with Gasteiger partial charge in [0.05, 0.1) is 0 Å². The number of nitrogens with zero attached hydrogens (tertiary/aromatic N) is 1. The summed E-state index contributed by atoms with van der Waals surface area (Å²) in [5.74, 6) is 1.37. The highest BCUT2D eigenvalue weighted by Crippen LogP contribution is 2.21. The molecule has 0 aromatic heterocycles. The fourth-order valence-electron chi connectivity index (χ4n) is 1.71. The third kappa shape index (κ3) is 3.55. The lowest BCUT2D eigenvalue weighted by molar-refractivity contribution is 0.394. The Morgan fingerprint density at radius 3 is 2.44 bits per heavy atom. The molecule has 0 aromatic rings. The molecule has 90 valence electrons. The highest BCUT2D eigenvalue weighted by Gasteiger charge is 2.13. The first-order valence-electron chi connectivity index (χ1n) is 6.34. The van der Waals surface area contributed by atoms with Crippen molar-refractivity contribution in [2.24, 2.45) is 11.8 Å². The van der Waals surface area contributed by atoms with E-state index in [1.165, 1.54) is 5.70 Å². The molecule has 0 N–H and O–H groups in total. The Hall–Kier alpha value is -0.980. The van der Waals surface area contributed by atoms with E-state index in [1.54, 1.807) is 0 Å². The molecule has 1 aliphatic heterocycles. The van der Waals surface area contributed by atoms with Crippen molar-refractivity contribution < 1.29 is 0 Å². The zero-order chi connectivity index (χ0) is 12.1. The normalized spacial score (nSPS) is 20.9. The predicted molar refractivity (Wildman–Crippen MR) is 72.0 cm³/mol. The Morgan fingerprint density at radius 2 is 1.88 bits per heavy atom. The average Bonchev–Trinajstić information content (AvgIpc) is 2.65. The van der Waals surface area contributed by atoms with Gasteiger partial charge < -0.3 is 4.90 Å². The first-order valence-corrected chi connectivity index (χ1v) is 6.34. The van der Waals surface area contributed by atoms with Crippen molar-refractivity contribution in [3.05, 3.63) is 36.2 Å². The van der Waals surface area contributed by atoms with Crippen LogP contribution in [-0.4, -0.2) is 10.9 Å². The van der Waals surface area contributed by atoms with Gasteiger partial charge in [-0.05, 0) is 31.8 Å². The van der Waals surface area contributed by atoms with Crippen molar-refractivity contribution in [3.8, 4) is 0 Å². The third-order valence-electron chi connectivity index (χ3n) is 3.24. The number of rotatable bonds is 4. The summed E-state index contributed by atoms with van der Waals surface area (Å²) in [4.78, 5) is 2.34. The van der Waals surface area contributed by atoms with E-state index in [0.29, 0.717) is 12.0 Å². The number of hydrogen-bond donors (Lipinski definition) is 0. The van der Waals surface area contributed by atoms with E-state index in [9.17, 15) is 0 Å². The van der Waals surface area contributed by atoms with Gasteiger partial charge in [-0.25, -0.2) is 0 Å². The molecule has 0 amide bonds. The molecule has 0 aromatic carbocycles. The summed E-state index contributed by atoms with van der Waals surface area (Å²) < 4.78 is 0. The van der Waals surface area contributed by atoms with Crippen LogP contribution in [0.3, 0.4) is 0 Å². The topological polar surface area (TPSA) is 3.24 Å². The summed E-state index contributed by atoms with van der Waals surface area (Å²) in [6, 6.07) is 0.556. The summed E-state index contributed by atoms with van der Waals surface area (Å²) >= 11 is 0. The maximum atomic E-state index is 2.34. The standard InChI is InChI=1S/C15H25N/c1-12(2)14(5)8-6-9-15-10-7-11-16(15)13(3)4/h6-9,11-14H,10H2,1-5H3/b8-6-,15-9+. The monoisotopic (exact) mass is 219 g/mol. The molecule has 1 heteroatoms. The molecule has 0 saturated carbocycles. The van der Waals surface area contributed by atoms with Crippen LogP contribution < -0.4 is 0 Å². The van der Waals surface area contributed by atoms with Crippen LogP contribution in [-0.2, 0) is 0 Å². The van der Waals surface area contributed by atoms with Gasteiger partial charge in [0.1, 0.15) is 0 Å². The van der Waals surface area contributed by atoms with Crippen LogP contribution in [0.4, 0.5) is 0 Å². The first kappa shape index (κ1) is 13.1. The molecule has 0 fully saturated rings. The van der Waals surface area contributed by atoms with Gasteiger partial charge in [-0.1, -0.05) is 39.0 Å². The lowest BCUT2D eigenvalue weighted by Crippen LogP contribution is -2.21. The van der Waals surface area contributed by atoms with Crippen molar-refractivity contribution in [2.45, 2.75) is 47.1 Å². The quantitative estimate of drug-likeness (QED) is 0.679. The second kappa shape index (κ2) is 5.93. The Kier molecular flexibility index (Phi) is 4.85. The van der Waals surface area contributed by atoms with Gasteiger partial charge in [-0.2, -0.15) is 0 Å². The predicted octanol–water partition coefficient (Wildman–Crippen LogP) is 4.35. The molecule has 0 saturated heterocycles. The van der Waals surface area contributed by atoms with Crippen LogP contribution in [0.5, 0.6) is 0 Å². The van der Waals surface area contributed by atoms with Gasteiger partial charge in [-0.15, -0.1) is 0 Å². The lowest BCUT2D eigenvalue weighted by Gasteiger charge is -2.22. The Bertz CT molecular complexity index is 295. The fourth-order valence-corrected chi connectivity index (χ4v) is 1.71. The summed E-state index contributed by atoms with van der Waals surface area (Å²) in [5.41, 5.74) is 1.40. The SMILES string of the molecule is CC(C)C(C)/C=C\C=C1/CC=CN1C(C)C. The maximum absolute atomic E-state index is 2.34. The van der Waals surface area contributed by atoms with Gasteiger partial charge in [-0.3, -0.25) is 0 Å². The molecule has 0 spiro atoms. The van der Waals surface area contributed by atoms with Crippen LogP contribution in [0.15, 0.2) is 36.2 Å². The van der Waals surface area contributed by atoms with Gasteiger partial charge in [0.2, 0.25) is 0 Å². The molecule has 1 heterocycles. The van der Waals surface area contributed by atoms with E-state index >= 15 is 0 Å². The molecule has 1 rings (SSSR count). The molecule has 1 aliphatic rings. The van der Waals surface area contributed by atoms with Crippen LogP contribution in [0.2, 0.25) is 0 Å². The summed E-state index contributed by atoms with van der Waals surface area (Å²) in [6.45, 7) is 11.3. The van der Waals surface area contributed by atoms with E-state index in [-0.39, 0.29) is 0 Å². The van der Waals surface area contributed by atoms with Gasteiger partial charge in [0, 0.05) is 24.4 Å². The molecule has 1 atom stereocenters. The molecule has 0 radical (unpaired) electrons. The van der Waals surface area contributed by atoms with Crippen LogP contribution in [0, 0.1) is 11.8 Å². The second-order valence-electron chi connectivity index (χ2n) is 5.24. The third-order valence-corrected chi connectivity index (χ3v) is 3.24. The minimum atomic E-state index is 0.556. The van der Waals surface area contributed by atoms with E-state index in [0.717, 1.165) is 12.3 Å². The second-order valence-corrected chi connectivity index (χ2v) is 5.24. The number of hydrogen-bond acceptors (Lipinski definition) is 1. The van der Waals surface area contributed by atoms with Crippen molar-refractivity contribution in [3.63, 3.8) is 0 Å². The molecule has 16 heavy (non-hydrogen) atoms. The van der Waals surface area contributed by atoms with Crippen LogP contribution >= 0.6 is 0 Å². The summed E-state index contributed by atoms with van der Waals surface area (Å²) in [7, 11) is 0. The van der Waals surface area contributed by atoms with Crippen molar-refractivity contribution in [1.82, 2.24) is 4.90 Å². The molecule has 1 nitrogen and oxygen atoms in total. The summed E-state index contributed by atoms with van der Waals surface area (Å²) in [6.07, 6.45) is 12.2. The van der Waals surface area contributed by atoms with E-state index in [4.69, 9.17) is 0 Å². The van der Waals surface area contributed by atoms with Crippen LogP contribution in [0.25, 0.3) is 0 Å². The number of allylic oxidation sites excluding steroid dienone is 4. The molecule has 0 aliphatic carbocycles. The van der Waals surface area contributed by atoms with Crippen molar-refractivity contribution in [1.29, 1.82) is 0 Å². The smallest absolute Gasteiger partial charge is 0.0276 e. The zero-order valence-corrected chi connectivity index (χ0v) is 11.3. The minimum Gasteiger partial charge on any atom is -0.349 e. The Morgan fingerprint density at radius 1 is 1.19 bits per heavy atom. The van der Waals surface area contributed by atoms with E-state index < -0.39 is 0 Å². The van der Waals surface area contributed by atoms with Crippen molar-refractivity contribution in [2.75, 3.05) is 0 Å².